The van der Waals surface area contributed by atoms with E-state index in [1.54, 1.807) is 6.07 Å². The number of carbonyl (C=O) groups excluding carboxylic acids is 1. The molecule has 2 heterocycles. The zero-order chi connectivity index (χ0) is 29.9. The summed E-state index contributed by atoms with van der Waals surface area (Å²) in [6.45, 7) is 2.34. The van der Waals surface area contributed by atoms with Crippen LogP contribution >= 0.6 is 0 Å². The number of aliphatic hydroxyl groups excluding tert-OH is 1. The van der Waals surface area contributed by atoms with E-state index in [0.29, 0.717) is 30.5 Å². The van der Waals surface area contributed by atoms with Gasteiger partial charge < -0.3 is 31.1 Å². The third-order valence-corrected chi connectivity index (χ3v) is 6.52. The second kappa shape index (κ2) is 12.0. The number of nitrogens with zero attached hydrogens (tertiary/aromatic N) is 4. The van der Waals surface area contributed by atoms with Crippen LogP contribution in [0.1, 0.15) is 21.5 Å². The number of amides is 1. The molecule has 10 nitrogen and oxygen atoms in total. The quantitative estimate of drug-likeness (QED) is 0.230. The number of anilines is 5. The molecule has 14 heteroatoms. The number of rotatable bonds is 7. The van der Waals surface area contributed by atoms with Crippen LogP contribution in [-0.2, 0) is 17.5 Å². The third-order valence-electron chi connectivity index (χ3n) is 6.52. The molecule has 4 aromatic rings. The normalized spacial score (nSPS) is 13.6. The van der Waals surface area contributed by atoms with Gasteiger partial charge in [-0.05, 0) is 48.5 Å². The van der Waals surface area contributed by atoms with Gasteiger partial charge in [0.2, 0.25) is 11.9 Å². The maximum Gasteiger partial charge on any atom is 0.416 e. The molecule has 5 N–H and O–H groups in total. The van der Waals surface area contributed by atoms with Crippen LogP contribution in [0.5, 0.6) is 0 Å². The highest BCUT2D eigenvalue weighted by Crippen LogP contribution is 2.32. The third kappa shape index (κ3) is 6.39. The topological polar surface area (TPSA) is 139 Å². The maximum absolute atomic E-state index is 14.4. The van der Waals surface area contributed by atoms with Crippen molar-refractivity contribution in [3.05, 3.63) is 83.2 Å². The molecule has 0 radical (unpaired) electrons. The number of ether oxygens (including phenoxy) is 1. The molecule has 0 aliphatic carbocycles. The number of nitrogens with one attached hydrogen (secondary N) is 2. The van der Waals surface area contributed by atoms with E-state index in [1.165, 1.54) is 12.1 Å². The predicted molar refractivity (Wildman–Crippen MR) is 148 cm³/mol. The molecular formula is C28H25F4N7O3. The van der Waals surface area contributed by atoms with Gasteiger partial charge in [-0.25, -0.2) is 4.39 Å². The van der Waals surface area contributed by atoms with Crippen molar-refractivity contribution in [1.82, 2.24) is 15.0 Å². The Kier molecular flexibility index (Phi) is 8.17. The monoisotopic (exact) mass is 583 g/mol. The zero-order valence-corrected chi connectivity index (χ0v) is 22.0. The van der Waals surface area contributed by atoms with E-state index in [4.69, 9.17) is 10.5 Å². The molecular weight excluding hydrogens is 558 g/mol. The molecule has 1 saturated heterocycles. The molecule has 0 bridgehead atoms. The van der Waals surface area contributed by atoms with Gasteiger partial charge >= 0.3 is 6.18 Å². The smallest absolute Gasteiger partial charge is 0.392 e. The minimum Gasteiger partial charge on any atom is -0.392 e. The van der Waals surface area contributed by atoms with Crippen LogP contribution in [0.15, 0.2) is 60.7 Å². The Balaban J connectivity index is 1.38. The molecule has 5 rings (SSSR count). The van der Waals surface area contributed by atoms with E-state index in [2.05, 4.69) is 30.5 Å². The van der Waals surface area contributed by atoms with Crippen molar-refractivity contribution in [2.75, 3.05) is 47.6 Å². The van der Waals surface area contributed by atoms with Gasteiger partial charge in [0.15, 0.2) is 5.82 Å². The molecule has 218 valence electrons. The summed E-state index contributed by atoms with van der Waals surface area (Å²) in [6.07, 6.45) is -4.76. The van der Waals surface area contributed by atoms with Crippen LogP contribution < -0.4 is 21.3 Å². The van der Waals surface area contributed by atoms with Crippen LogP contribution in [0.4, 0.5) is 46.5 Å². The van der Waals surface area contributed by atoms with E-state index >= 15 is 0 Å². The van der Waals surface area contributed by atoms with Gasteiger partial charge in [0.05, 0.1) is 30.9 Å². The summed E-state index contributed by atoms with van der Waals surface area (Å²) in [6, 6.07) is 13.8. The van der Waals surface area contributed by atoms with Crippen molar-refractivity contribution in [2.24, 2.45) is 0 Å². The highest BCUT2D eigenvalue weighted by Gasteiger charge is 2.32. The molecule has 3 aromatic carbocycles. The largest absolute Gasteiger partial charge is 0.416 e. The van der Waals surface area contributed by atoms with Gasteiger partial charge in [-0.2, -0.15) is 28.1 Å². The maximum atomic E-state index is 14.4. The fourth-order valence-corrected chi connectivity index (χ4v) is 4.42. The summed E-state index contributed by atoms with van der Waals surface area (Å²) < 4.78 is 58.4. The van der Waals surface area contributed by atoms with Gasteiger partial charge in [-0.3, -0.25) is 4.79 Å². The average molecular weight is 584 g/mol. The fourth-order valence-electron chi connectivity index (χ4n) is 4.42. The molecule has 42 heavy (non-hydrogen) atoms. The molecule has 0 spiro atoms. The number of halogens is 4. The summed E-state index contributed by atoms with van der Waals surface area (Å²) in [4.78, 5) is 27.7. The summed E-state index contributed by atoms with van der Waals surface area (Å²) in [7, 11) is 0. The molecule has 1 aromatic heterocycles. The lowest BCUT2D eigenvalue weighted by Crippen LogP contribution is -2.36. The molecule has 0 unspecified atom stereocenters. The second-order valence-electron chi connectivity index (χ2n) is 9.25. The Morgan fingerprint density at radius 3 is 2.43 bits per heavy atom. The lowest BCUT2D eigenvalue weighted by molar-refractivity contribution is -0.137. The van der Waals surface area contributed by atoms with E-state index in [1.807, 2.05) is 24.3 Å². The number of hydrogen-bond acceptors (Lipinski definition) is 9. The van der Waals surface area contributed by atoms with Crippen molar-refractivity contribution in [1.29, 1.82) is 0 Å². The summed E-state index contributed by atoms with van der Waals surface area (Å²) in [5, 5.41) is 15.7. The Hall–Kier alpha value is -4.82. The molecule has 0 atom stereocenters. The molecule has 1 fully saturated rings. The summed E-state index contributed by atoms with van der Waals surface area (Å²) in [5.41, 5.74) is 6.39. The molecule has 1 aliphatic rings. The van der Waals surface area contributed by atoms with Gasteiger partial charge in [-0.15, -0.1) is 0 Å². The Morgan fingerprint density at radius 1 is 1.02 bits per heavy atom. The molecule has 0 saturated carbocycles. The van der Waals surface area contributed by atoms with Gasteiger partial charge in [0, 0.05) is 41.3 Å². The fraction of sp³-hybridized carbons (Fsp3) is 0.214. The van der Waals surface area contributed by atoms with Gasteiger partial charge in [-0.1, -0.05) is 12.1 Å². The number of carbonyl (C=O) groups is 1. The lowest BCUT2D eigenvalue weighted by atomic mass is 10.0. The number of aromatic nitrogens is 3. The van der Waals surface area contributed by atoms with Crippen molar-refractivity contribution in [3.63, 3.8) is 0 Å². The lowest BCUT2D eigenvalue weighted by Gasteiger charge is -2.28. The molecule has 1 amide bonds. The Labute approximate surface area is 237 Å². The highest BCUT2D eigenvalue weighted by molar-refractivity contribution is 6.05. The number of nitrogens with two attached hydrogens (primary N) is 1. The van der Waals surface area contributed by atoms with Gasteiger partial charge in [0.1, 0.15) is 5.82 Å². The first kappa shape index (κ1) is 28.7. The number of alkyl halides is 3. The van der Waals surface area contributed by atoms with Crippen LogP contribution in [0.2, 0.25) is 0 Å². The average Bonchev–Trinajstić information content (AvgIpc) is 2.97. The standard InChI is InChI=1S/C28H25F4N7O3/c29-22-14-16(28(30,31)32)4-9-20(22)25(41)35-23-3-1-2-19(21(23)15-40)24-36-26(33)38-27(37-24)34-17-5-7-18(8-6-17)39-10-12-42-13-11-39/h1-9,14,40H,10-13,15H2,(H,35,41)(H3,33,34,36,37,38). The number of morpholine rings is 1. The summed E-state index contributed by atoms with van der Waals surface area (Å²) >= 11 is 0. The SMILES string of the molecule is Nc1nc(Nc2ccc(N3CCOCC3)cc2)nc(-c2cccc(NC(=O)c3ccc(C(F)(F)F)cc3F)c2CO)n1. The van der Waals surface area contributed by atoms with E-state index in [0.717, 1.165) is 24.8 Å². The van der Waals surface area contributed by atoms with Crippen molar-refractivity contribution in [2.45, 2.75) is 12.8 Å². The first-order valence-electron chi connectivity index (χ1n) is 12.7. The number of nitrogen functional groups attached to an aromatic ring is 1. The Bertz CT molecular complexity index is 1590. The van der Waals surface area contributed by atoms with Crippen LogP contribution in [-0.4, -0.2) is 52.3 Å². The van der Waals surface area contributed by atoms with Crippen LogP contribution in [0, 0.1) is 5.82 Å². The Morgan fingerprint density at radius 2 is 1.76 bits per heavy atom. The van der Waals surface area contributed by atoms with E-state index < -0.39 is 35.6 Å². The van der Waals surface area contributed by atoms with Gasteiger partial charge in [0.25, 0.3) is 5.91 Å². The minimum atomic E-state index is -4.76. The zero-order valence-electron chi connectivity index (χ0n) is 22.0. The number of hydrogen-bond donors (Lipinski definition) is 4. The predicted octanol–water partition coefficient (Wildman–Crippen LogP) is 4.60. The van der Waals surface area contributed by atoms with Crippen molar-refractivity contribution >= 4 is 34.9 Å². The highest BCUT2D eigenvalue weighted by atomic mass is 19.4. The number of aliphatic hydroxyl groups is 1. The van der Waals surface area contributed by atoms with Crippen LogP contribution in [0.25, 0.3) is 11.4 Å². The first-order chi connectivity index (χ1) is 20.1. The minimum absolute atomic E-state index is 0.0755. The first-order valence-corrected chi connectivity index (χ1v) is 12.7. The van der Waals surface area contributed by atoms with Crippen molar-refractivity contribution in [3.8, 4) is 11.4 Å². The van der Waals surface area contributed by atoms with Crippen molar-refractivity contribution < 1.29 is 32.2 Å². The number of benzene rings is 3. The van der Waals surface area contributed by atoms with E-state index in [9.17, 15) is 27.5 Å². The van der Waals surface area contributed by atoms with E-state index in [-0.39, 0.29) is 35.0 Å². The summed E-state index contributed by atoms with van der Waals surface area (Å²) in [5.74, 6) is -2.26. The second-order valence-corrected chi connectivity index (χ2v) is 9.25. The molecule has 1 aliphatic heterocycles. The van der Waals surface area contributed by atoms with Crippen LogP contribution in [0.3, 0.4) is 0 Å².